The molecular weight excluding hydrogens is 720 g/mol. The molecule has 4 aromatic carbocycles. The smallest absolute Gasteiger partial charge is 0.298 e. The number of para-hydroxylation sites is 1. The number of rotatable bonds is 9. The molecule has 1 atom stereocenters. The van der Waals surface area contributed by atoms with Crippen LogP contribution in [-0.4, -0.2) is 57.3 Å². The van der Waals surface area contributed by atoms with E-state index in [4.69, 9.17) is 14.0 Å². The van der Waals surface area contributed by atoms with Crippen molar-refractivity contribution in [2.75, 3.05) is 19.8 Å². The Labute approximate surface area is 287 Å². The van der Waals surface area contributed by atoms with Crippen LogP contribution in [0.5, 0.6) is 11.5 Å². The van der Waals surface area contributed by atoms with E-state index in [1.54, 1.807) is 12.1 Å². The zero-order chi connectivity index (χ0) is 33.9. The number of aromatic amines is 1. The van der Waals surface area contributed by atoms with Crippen molar-refractivity contribution in [3.63, 3.8) is 0 Å². The number of nitrogens with one attached hydrogen (secondary N) is 2. The van der Waals surface area contributed by atoms with Gasteiger partial charge in [-0.15, -0.1) is 0 Å². The van der Waals surface area contributed by atoms with E-state index in [2.05, 4.69) is 25.6 Å². The van der Waals surface area contributed by atoms with Gasteiger partial charge in [-0.1, -0.05) is 76.6 Å². The van der Waals surface area contributed by atoms with Crippen LogP contribution in [0.3, 0.4) is 0 Å². The van der Waals surface area contributed by atoms with Gasteiger partial charge in [0, 0.05) is 46.0 Å². The van der Waals surface area contributed by atoms with Gasteiger partial charge in [-0.25, -0.2) is 13.1 Å². The summed E-state index contributed by atoms with van der Waals surface area (Å²) < 4.78 is 72.0. The maximum atomic E-state index is 13.4. The topological polar surface area (TPSA) is 155 Å². The Bertz CT molecular complexity index is 2200. The normalized spacial score (nSPS) is 14.6. The summed E-state index contributed by atoms with van der Waals surface area (Å²) in [6, 6.07) is 23.7. The molecule has 2 aliphatic heterocycles. The first-order valence-corrected chi connectivity index (χ1v) is 18.9. The standard InChI is InChI=1S/C27H26N2O4S.C8H7BrO4S/c30-18-23(16-22-17-28-25-9-5-4-8-24(22)25)29-34(31,32)26-15-20(14-21-12-13-33-27(21)26)11-10-19-6-2-1-3-7-19;9-6-3-5-1-2-13-8(5)7(4-6)14(10,11)12/h1-11,14-15,17,23,28-30H,12-13,16,18H2;3-4H,1-2H2,(H,10,11,12)/b11-10+;/t23-;/m1./s1. The van der Waals surface area contributed by atoms with Crippen LogP contribution in [0, 0.1) is 0 Å². The minimum Gasteiger partial charge on any atom is -0.492 e. The number of aromatic nitrogens is 1. The molecule has 0 saturated heterocycles. The molecule has 0 spiro atoms. The predicted molar refractivity (Wildman–Crippen MR) is 187 cm³/mol. The van der Waals surface area contributed by atoms with Gasteiger partial charge >= 0.3 is 0 Å². The van der Waals surface area contributed by atoms with E-state index in [0.29, 0.717) is 42.7 Å². The SMILES string of the molecule is O=S(=O)(N[C@@H](CO)Cc1c[nH]c2ccccc12)c1cc(/C=C/c2ccccc2)cc2c1OCC2.O=S(=O)(O)c1cc(Br)cc2c1OCC2. The Kier molecular flexibility index (Phi) is 10.1. The number of H-pyrrole nitrogens is 1. The lowest BCUT2D eigenvalue weighted by Gasteiger charge is -2.18. The maximum absolute atomic E-state index is 13.4. The van der Waals surface area contributed by atoms with E-state index in [-0.39, 0.29) is 22.1 Å². The van der Waals surface area contributed by atoms with Gasteiger partial charge in [-0.05, 0) is 59.0 Å². The van der Waals surface area contributed by atoms with E-state index >= 15 is 0 Å². The molecule has 0 bridgehead atoms. The van der Waals surface area contributed by atoms with Crippen LogP contribution in [0.2, 0.25) is 0 Å². The van der Waals surface area contributed by atoms with E-state index in [9.17, 15) is 21.9 Å². The summed E-state index contributed by atoms with van der Waals surface area (Å²) in [6.07, 6.45) is 7.39. The van der Waals surface area contributed by atoms with Crippen LogP contribution in [0.1, 0.15) is 27.8 Å². The summed E-state index contributed by atoms with van der Waals surface area (Å²) >= 11 is 3.18. The van der Waals surface area contributed by atoms with Gasteiger partial charge in [-0.2, -0.15) is 8.42 Å². The van der Waals surface area contributed by atoms with E-state index in [1.807, 2.05) is 79.0 Å². The molecule has 0 amide bonds. The van der Waals surface area contributed by atoms with Crippen LogP contribution < -0.4 is 14.2 Å². The van der Waals surface area contributed by atoms with Gasteiger partial charge in [0.15, 0.2) is 0 Å². The summed E-state index contributed by atoms with van der Waals surface area (Å²) in [7, 11) is -8.14. The quantitative estimate of drug-likeness (QED) is 0.109. The Morgan fingerprint density at radius 2 is 1.48 bits per heavy atom. The van der Waals surface area contributed by atoms with Crippen LogP contribution in [0.25, 0.3) is 23.1 Å². The molecule has 0 aliphatic carbocycles. The second kappa shape index (κ2) is 14.2. The van der Waals surface area contributed by atoms with Crippen molar-refractivity contribution in [1.29, 1.82) is 0 Å². The number of aliphatic hydroxyl groups excluding tert-OH is 1. The molecule has 5 aromatic rings. The largest absolute Gasteiger partial charge is 0.492 e. The highest BCUT2D eigenvalue weighted by Crippen LogP contribution is 2.36. The van der Waals surface area contributed by atoms with Crippen molar-refractivity contribution in [2.45, 2.75) is 35.1 Å². The van der Waals surface area contributed by atoms with E-state index < -0.39 is 26.2 Å². The molecule has 0 unspecified atom stereocenters. The van der Waals surface area contributed by atoms with Gasteiger partial charge in [0.2, 0.25) is 10.0 Å². The number of halogens is 1. The molecular formula is C35H33BrN2O8S2. The minimum atomic E-state index is -4.21. The van der Waals surface area contributed by atoms with Crippen LogP contribution in [0.15, 0.2) is 99.3 Å². The Morgan fingerprint density at radius 1 is 0.833 bits per heavy atom. The predicted octanol–water partition coefficient (Wildman–Crippen LogP) is 5.79. The third-order valence-corrected chi connectivity index (χ3v) is 10.8. The zero-order valence-electron chi connectivity index (χ0n) is 25.6. The molecule has 7 rings (SSSR count). The third kappa shape index (κ3) is 7.67. The van der Waals surface area contributed by atoms with Crippen LogP contribution in [-0.2, 0) is 39.4 Å². The van der Waals surface area contributed by atoms with Crippen molar-refractivity contribution < 1.29 is 36.0 Å². The number of hydrogen-bond acceptors (Lipinski definition) is 7. The lowest BCUT2D eigenvalue weighted by molar-refractivity contribution is 0.256. The van der Waals surface area contributed by atoms with Crippen molar-refractivity contribution in [1.82, 2.24) is 9.71 Å². The number of fused-ring (bicyclic) bond motifs is 3. The molecule has 0 radical (unpaired) electrons. The first-order chi connectivity index (χ1) is 23.0. The number of hydrogen-bond donors (Lipinski definition) is 4. The van der Waals surface area contributed by atoms with Crippen LogP contribution in [0.4, 0.5) is 0 Å². The third-order valence-electron chi connectivity index (χ3n) is 8.00. The fraction of sp³-hybridized carbons (Fsp3) is 0.200. The summed E-state index contributed by atoms with van der Waals surface area (Å²) in [5, 5.41) is 11.0. The Hall–Kier alpha value is -3.98. The number of ether oxygens (including phenoxy) is 2. The monoisotopic (exact) mass is 752 g/mol. The lowest BCUT2D eigenvalue weighted by Crippen LogP contribution is -2.39. The zero-order valence-corrected chi connectivity index (χ0v) is 28.8. The van der Waals surface area contributed by atoms with Gasteiger partial charge in [0.1, 0.15) is 21.3 Å². The Morgan fingerprint density at radius 3 is 2.19 bits per heavy atom. The molecule has 0 fully saturated rings. The van der Waals surface area contributed by atoms with Crippen molar-refractivity contribution in [3.05, 3.63) is 117 Å². The first kappa shape index (κ1) is 33.9. The molecule has 4 N–H and O–H groups in total. The highest BCUT2D eigenvalue weighted by atomic mass is 79.9. The summed E-state index contributed by atoms with van der Waals surface area (Å²) in [4.78, 5) is 3.13. The average molecular weight is 754 g/mol. The van der Waals surface area contributed by atoms with Crippen molar-refractivity contribution in [3.8, 4) is 11.5 Å². The highest BCUT2D eigenvalue weighted by Gasteiger charge is 2.29. The maximum Gasteiger partial charge on any atom is 0.298 e. The Balaban J connectivity index is 0.000000239. The van der Waals surface area contributed by atoms with Crippen molar-refractivity contribution >= 4 is 59.1 Å². The second-order valence-electron chi connectivity index (χ2n) is 11.4. The highest BCUT2D eigenvalue weighted by molar-refractivity contribution is 9.10. The average Bonchev–Trinajstić information content (AvgIpc) is 3.83. The molecule has 13 heteroatoms. The summed E-state index contributed by atoms with van der Waals surface area (Å²) in [5.41, 5.74) is 5.39. The molecule has 1 aromatic heterocycles. The number of benzene rings is 4. The lowest BCUT2D eigenvalue weighted by atomic mass is 10.1. The van der Waals surface area contributed by atoms with Gasteiger partial charge in [0.05, 0.1) is 19.8 Å². The van der Waals surface area contributed by atoms with E-state index in [0.717, 1.165) is 38.7 Å². The van der Waals surface area contributed by atoms with Gasteiger partial charge < -0.3 is 19.6 Å². The molecule has 2 aliphatic rings. The van der Waals surface area contributed by atoms with Crippen molar-refractivity contribution in [2.24, 2.45) is 0 Å². The van der Waals surface area contributed by atoms with Crippen LogP contribution >= 0.6 is 15.9 Å². The number of aliphatic hydroxyl groups is 1. The molecule has 250 valence electrons. The molecule has 48 heavy (non-hydrogen) atoms. The molecule has 3 heterocycles. The minimum absolute atomic E-state index is 0.104. The van der Waals surface area contributed by atoms with Gasteiger partial charge in [-0.3, -0.25) is 4.55 Å². The number of sulfonamides is 1. The first-order valence-electron chi connectivity index (χ1n) is 15.2. The second-order valence-corrected chi connectivity index (χ2v) is 15.4. The van der Waals surface area contributed by atoms with E-state index in [1.165, 1.54) is 6.07 Å². The summed E-state index contributed by atoms with van der Waals surface area (Å²) in [6.45, 7) is 0.576. The fourth-order valence-corrected chi connectivity index (χ4v) is 8.57. The fourth-order valence-electron chi connectivity index (χ4n) is 5.77. The van der Waals surface area contributed by atoms with Gasteiger partial charge in [0.25, 0.3) is 10.1 Å². The summed E-state index contributed by atoms with van der Waals surface area (Å²) in [5.74, 6) is 0.670. The molecule has 0 saturated carbocycles. The molecule has 10 nitrogen and oxygen atoms in total.